The fourth-order valence-electron chi connectivity index (χ4n) is 2.47. The predicted molar refractivity (Wildman–Crippen MR) is 95.8 cm³/mol. The Morgan fingerprint density at radius 3 is 2.56 bits per heavy atom. The van der Waals surface area contributed by atoms with Gasteiger partial charge >= 0.3 is 11.7 Å². The maximum Gasteiger partial charge on any atom is 0.362 e. The summed E-state index contributed by atoms with van der Waals surface area (Å²) in [4.78, 5) is 24.4. The first-order valence-electron chi connectivity index (χ1n) is 7.57. The number of rotatable bonds is 3. The average molecular weight is 341 g/mol. The molecular weight excluding hydrogens is 325 g/mol. The molecule has 3 N–H and O–H groups in total. The van der Waals surface area contributed by atoms with Gasteiger partial charge in [-0.3, -0.25) is 5.32 Å². The van der Waals surface area contributed by atoms with Crippen molar-refractivity contribution in [1.82, 2.24) is 0 Å². The molecule has 0 unspecified atom stereocenters. The first kappa shape index (κ1) is 16.5. The first-order chi connectivity index (χ1) is 12.0. The van der Waals surface area contributed by atoms with Crippen molar-refractivity contribution in [1.29, 1.82) is 0 Å². The molecule has 0 aliphatic carbocycles. The highest BCUT2D eigenvalue weighted by Crippen LogP contribution is 2.28. The fraction of sp³-hybridized carbons (Fsp3) is 0.111. The molecule has 0 saturated carbocycles. The Kier molecular flexibility index (Phi) is 4.38. The number of carbonyl (C=O) groups excluding carboxylic acids is 1. The molecule has 6 nitrogen and oxygen atoms in total. The van der Waals surface area contributed by atoms with Crippen LogP contribution < -0.4 is 21.6 Å². The Bertz CT molecular complexity index is 1010. The molecule has 0 fully saturated rings. The van der Waals surface area contributed by atoms with E-state index in [0.29, 0.717) is 22.2 Å². The van der Waals surface area contributed by atoms with Gasteiger partial charge in [-0.25, -0.2) is 14.0 Å². The van der Waals surface area contributed by atoms with Crippen LogP contribution in [0.1, 0.15) is 5.56 Å². The third-order valence-corrected chi connectivity index (χ3v) is 3.73. The van der Waals surface area contributed by atoms with Gasteiger partial charge < -0.3 is 15.1 Å². The Morgan fingerprint density at radius 1 is 1.08 bits per heavy atom. The summed E-state index contributed by atoms with van der Waals surface area (Å²) in [5, 5.41) is 8.51. The van der Waals surface area contributed by atoms with E-state index >= 15 is 0 Å². The van der Waals surface area contributed by atoms with E-state index in [9.17, 15) is 14.0 Å². The van der Waals surface area contributed by atoms with Gasteiger partial charge in [-0.15, -0.1) is 0 Å². The van der Waals surface area contributed by atoms with Gasteiger partial charge in [-0.05, 0) is 36.8 Å². The summed E-state index contributed by atoms with van der Waals surface area (Å²) in [5.41, 5.74) is 0.885. The standard InChI is InChI=1S/C18H16FN3O3/c1-10-7-8-11(9-13(10)19)21-18(24)22-16-15(20-2)12-5-3-4-6-14(12)25-17(16)23/h3-9,20H,1-2H3,(H2,21,22,24). The van der Waals surface area contributed by atoms with Crippen LogP contribution in [0.4, 0.5) is 26.2 Å². The summed E-state index contributed by atoms with van der Waals surface area (Å²) < 4.78 is 18.8. The van der Waals surface area contributed by atoms with E-state index < -0.39 is 17.5 Å². The molecule has 0 saturated heterocycles. The summed E-state index contributed by atoms with van der Waals surface area (Å²) >= 11 is 0. The zero-order valence-corrected chi connectivity index (χ0v) is 13.6. The SMILES string of the molecule is CNc1c(NC(=O)Nc2ccc(C)c(F)c2)c(=O)oc2ccccc12. The number of aryl methyl sites for hydroxylation is 1. The zero-order chi connectivity index (χ0) is 18.0. The Hall–Kier alpha value is -3.35. The van der Waals surface area contributed by atoms with Crippen molar-refractivity contribution in [2.45, 2.75) is 6.92 Å². The van der Waals surface area contributed by atoms with Crippen molar-refractivity contribution in [2.75, 3.05) is 23.0 Å². The molecule has 0 atom stereocenters. The third kappa shape index (κ3) is 3.30. The van der Waals surface area contributed by atoms with Gasteiger partial charge in [0.25, 0.3) is 0 Å². The lowest BCUT2D eigenvalue weighted by molar-refractivity contribution is 0.262. The van der Waals surface area contributed by atoms with Gasteiger partial charge in [-0.2, -0.15) is 0 Å². The van der Waals surface area contributed by atoms with E-state index in [0.717, 1.165) is 0 Å². The van der Waals surface area contributed by atoms with E-state index in [1.165, 1.54) is 6.07 Å². The highest BCUT2D eigenvalue weighted by molar-refractivity contribution is 6.05. The second-order valence-electron chi connectivity index (χ2n) is 5.43. The number of amides is 2. The molecule has 0 radical (unpaired) electrons. The number of para-hydroxylation sites is 1. The molecule has 0 aliphatic heterocycles. The number of urea groups is 1. The lowest BCUT2D eigenvalue weighted by atomic mass is 10.2. The molecule has 1 heterocycles. The van der Waals surface area contributed by atoms with Gasteiger partial charge in [0.2, 0.25) is 0 Å². The number of nitrogens with one attached hydrogen (secondary N) is 3. The predicted octanol–water partition coefficient (Wildman–Crippen LogP) is 3.93. The van der Waals surface area contributed by atoms with Crippen molar-refractivity contribution in [3.05, 3.63) is 64.3 Å². The first-order valence-corrected chi connectivity index (χ1v) is 7.57. The molecule has 3 aromatic rings. The minimum atomic E-state index is -0.687. The number of fused-ring (bicyclic) bond motifs is 1. The summed E-state index contributed by atoms with van der Waals surface area (Å²) in [5.74, 6) is -0.432. The van der Waals surface area contributed by atoms with Crippen LogP contribution in [0, 0.1) is 12.7 Å². The summed E-state index contributed by atoms with van der Waals surface area (Å²) in [6.45, 7) is 1.62. The van der Waals surface area contributed by atoms with Crippen LogP contribution in [0.15, 0.2) is 51.7 Å². The third-order valence-electron chi connectivity index (χ3n) is 3.73. The topological polar surface area (TPSA) is 83.4 Å². The second kappa shape index (κ2) is 6.64. The minimum absolute atomic E-state index is 0.0220. The van der Waals surface area contributed by atoms with E-state index in [1.54, 1.807) is 50.4 Å². The van der Waals surface area contributed by atoms with Crippen molar-refractivity contribution in [2.24, 2.45) is 0 Å². The van der Waals surface area contributed by atoms with E-state index in [4.69, 9.17) is 4.42 Å². The molecule has 3 rings (SSSR count). The molecule has 0 bridgehead atoms. The Balaban J connectivity index is 1.91. The van der Waals surface area contributed by atoms with Crippen LogP contribution in [0.3, 0.4) is 0 Å². The smallest absolute Gasteiger partial charge is 0.362 e. The number of hydrogen-bond acceptors (Lipinski definition) is 4. The Labute approximate surface area is 142 Å². The highest BCUT2D eigenvalue weighted by Gasteiger charge is 2.16. The molecule has 2 amide bonds. The average Bonchev–Trinajstić information content (AvgIpc) is 2.59. The fourth-order valence-corrected chi connectivity index (χ4v) is 2.47. The van der Waals surface area contributed by atoms with Gasteiger partial charge in [-0.1, -0.05) is 18.2 Å². The minimum Gasteiger partial charge on any atom is -0.421 e. The van der Waals surface area contributed by atoms with E-state index in [-0.39, 0.29) is 11.4 Å². The van der Waals surface area contributed by atoms with Crippen molar-refractivity contribution in [3.63, 3.8) is 0 Å². The van der Waals surface area contributed by atoms with Crippen LogP contribution in [0.2, 0.25) is 0 Å². The number of anilines is 3. The molecule has 1 aromatic heterocycles. The van der Waals surface area contributed by atoms with Gasteiger partial charge in [0.15, 0.2) is 5.69 Å². The molecular formula is C18H16FN3O3. The molecule has 25 heavy (non-hydrogen) atoms. The summed E-state index contributed by atoms with van der Waals surface area (Å²) in [6, 6.07) is 10.6. The van der Waals surface area contributed by atoms with Crippen molar-refractivity contribution in [3.8, 4) is 0 Å². The highest BCUT2D eigenvalue weighted by atomic mass is 19.1. The lowest BCUT2D eigenvalue weighted by Gasteiger charge is -2.12. The van der Waals surface area contributed by atoms with E-state index in [2.05, 4.69) is 16.0 Å². The van der Waals surface area contributed by atoms with Crippen LogP contribution in [0.5, 0.6) is 0 Å². The maximum absolute atomic E-state index is 13.6. The number of carbonyl (C=O) groups is 1. The summed E-state index contributed by atoms with van der Waals surface area (Å²) in [7, 11) is 1.64. The monoisotopic (exact) mass is 341 g/mol. The lowest BCUT2D eigenvalue weighted by Crippen LogP contribution is -2.24. The molecule has 2 aromatic carbocycles. The maximum atomic E-state index is 13.6. The molecule has 0 spiro atoms. The largest absolute Gasteiger partial charge is 0.421 e. The van der Waals surface area contributed by atoms with Crippen LogP contribution in [-0.4, -0.2) is 13.1 Å². The zero-order valence-electron chi connectivity index (χ0n) is 13.6. The van der Waals surface area contributed by atoms with Crippen LogP contribution in [-0.2, 0) is 0 Å². The molecule has 7 heteroatoms. The molecule has 0 aliphatic rings. The number of halogens is 1. The van der Waals surface area contributed by atoms with Gasteiger partial charge in [0.05, 0.1) is 5.69 Å². The van der Waals surface area contributed by atoms with Crippen LogP contribution in [0.25, 0.3) is 11.0 Å². The second-order valence-corrected chi connectivity index (χ2v) is 5.43. The molecule has 128 valence electrons. The normalized spacial score (nSPS) is 10.5. The van der Waals surface area contributed by atoms with Crippen molar-refractivity contribution >= 4 is 34.1 Å². The summed E-state index contributed by atoms with van der Waals surface area (Å²) in [6.07, 6.45) is 0. The van der Waals surface area contributed by atoms with Gasteiger partial charge in [0, 0.05) is 18.1 Å². The van der Waals surface area contributed by atoms with Crippen LogP contribution >= 0.6 is 0 Å². The number of hydrogen-bond donors (Lipinski definition) is 3. The number of benzene rings is 2. The van der Waals surface area contributed by atoms with Crippen molar-refractivity contribution < 1.29 is 13.6 Å². The Morgan fingerprint density at radius 2 is 1.84 bits per heavy atom. The quantitative estimate of drug-likeness (QED) is 0.630. The van der Waals surface area contributed by atoms with Gasteiger partial charge in [0.1, 0.15) is 11.4 Å². The van der Waals surface area contributed by atoms with E-state index in [1.807, 2.05) is 0 Å².